The number of hydrogen-bond acceptors (Lipinski definition) is 2. The summed E-state index contributed by atoms with van der Waals surface area (Å²) in [6, 6.07) is 33.9. The lowest BCUT2D eigenvalue weighted by molar-refractivity contribution is -0.162. The van der Waals surface area contributed by atoms with Gasteiger partial charge in [-0.3, -0.25) is 0 Å². The summed E-state index contributed by atoms with van der Waals surface area (Å²) in [6.45, 7) is 1.73. The third-order valence-corrected chi connectivity index (χ3v) is 11.9. The van der Waals surface area contributed by atoms with Crippen LogP contribution in [0.4, 0.5) is 0 Å². The van der Waals surface area contributed by atoms with Gasteiger partial charge in [0.2, 0.25) is 0 Å². The fraction of sp³-hybridized carbons (Fsp3) is 0.455. The lowest BCUT2D eigenvalue weighted by atomic mass is 10.1. The Morgan fingerprint density at radius 2 is 1.05 bits per heavy atom. The molecular weight excluding hydrogens is 539 g/mol. The zero-order chi connectivity index (χ0) is 24.7. The molecule has 3 aromatic carbocycles. The molecule has 1 unspecified atom stereocenters. The summed E-state index contributed by atoms with van der Waals surface area (Å²) >= 11 is 0. The first-order valence-electron chi connectivity index (χ1n) is 14.2. The van der Waals surface area contributed by atoms with Gasteiger partial charge in [-0.15, -0.1) is 0 Å². The topological polar surface area (TPSA) is 18.5 Å². The van der Waals surface area contributed by atoms with Gasteiger partial charge in [0.25, 0.3) is 0 Å². The molecule has 1 fully saturated rings. The minimum Gasteiger partial charge on any atom is -1.00 e. The molecule has 1 heterocycles. The van der Waals surface area contributed by atoms with Crippen molar-refractivity contribution in [3.8, 4) is 0 Å². The van der Waals surface area contributed by atoms with E-state index in [1.807, 2.05) is 0 Å². The van der Waals surface area contributed by atoms with Crippen LogP contribution in [0.15, 0.2) is 91.0 Å². The highest BCUT2D eigenvalue weighted by atomic mass is 79.9. The fourth-order valence-electron chi connectivity index (χ4n) is 5.45. The standard InChI is InChI=1S/C33H44O2P.BrH/c1(3-5-17-27-34-33-26-16-18-28-35-33)2-4-6-19-29-36(30-20-10-7-11-21-30,31-22-12-8-13-23-31)32-24-14-9-15-25-32;/h7-15,20-25,33H,1-6,16-19,26-29H2;1H/q+1;/p-1. The normalized spacial score (nSPS) is 15.7. The van der Waals surface area contributed by atoms with Crippen LogP contribution >= 0.6 is 7.26 Å². The van der Waals surface area contributed by atoms with Gasteiger partial charge in [0.1, 0.15) is 23.2 Å². The van der Waals surface area contributed by atoms with E-state index >= 15 is 0 Å². The van der Waals surface area contributed by atoms with E-state index in [9.17, 15) is 0 Å². The molecule has 0 saturated carbocycles. The second kappa shape index (κ2) is 17.2. The van der Waals surface area contributed by atoms with Crippen LogP contribution in [-0.4, -0.2) is 25.7 Å². The van der Waals surface area contributed by atoms with E-state index in [0.717, 1.165) is 26.1 Å². The van der Waals surface area contributed by atoms with Gasteiger partial charge in [-0.25, -0.2) is 0 Å². The number of rotatable bonds is 15. The predicted octanol–water partition coefficient (Wildman–Crippen LogP) is 4.65. The molecule has 0 aromatic heterocycles. The van der Waals surface area contributed by atoms with Crippen molar-refractivity contribution < 1.29 is 26.5 Å². The second-order valence-corrected chi connectivity index (χ2v) is 13.7. The summed E-state index contributed by atoms with van der Waals surface area (Å²) in [6.07, 6.45) is 15.2. The first-order chi connectivity index (χ1) is 17.9. The molecule has 4 heteroatoms. The molecule has 0 bridgehead atoms. The van der Waals surface area contributed by atoms with E-state index in [-0.39, 0.29) is 23.3 Å². The summed E-state index contributed by atoms with van der Waals surface area (Å²) in [4.78, 5) is 0. The Morgan fingerprint density at radius 3 is 1.51 bits per heavy atom. The molecule has 0 radical (unpaired) electrons. The van der Waals surface area contributed by atoms with E-state index < -0.39 is 7.26 Å². The summed E-state index contributed by atoms with van der Waals surface area (Å²) in [5, 5.41) is 4.51. The van der Waals surface area contributed by atoms with Crippen LogP contribution in [0.5, 0.6) is 0 Å². The molecule has 1 saturated heterocycles. The third kappa shape index (κ3) is 9.03. The van der Waals surface area contributed by atoms with Gasteiger partial charge in [-0.1, -0.05) is 86.7 Å². The van der Waals surface area contributed by atoms with Crippen molar-refractivity contribution in [1.82, 2.24) is 0 Å². The molecule has 3 aromatic rings. The molecule has 0 spiro atoms. The summed E-state index contributed by atoms with van der Waals surface area (Å²) in [7, 11) is -1.66. The molecule has 1 aliphatic heterocycles. The molecular formula is C33H44BrO2P. The summed E-state index contributed by atoms with van der Waals surface area (Å²) in [5.41, 5.74) is 0. The van der Waals surface area contributed by atoms with Crippen LogP contribution in [0, 0.1) is 0 Å². The monoisotopic (exact) mass is 582 g/mol. The van der Waals surface area contributed by atoms with Crippen LogP contribution in [0.1, 0.15) is 70.6 Å². The van der Waals surface area contributed by atoms with Crippen molar-refractivity contribution >= 4 is 23.2 Å². The van der Waals surface area contributed by atoms with Crippen LogP contribution < -0.4 is 32.9 Å². The lowest BCUT2D eigenvalue weighted by Gasteiger charge is -2.27. The minimum absolute atomic E-state index is 0. The van der Waals surface area contributed by atoms with Gasteiger partial charge in [0.15, 0.2) is 6.29 Å². The number of halogens is 1. The maximum absolute atomic E-state index is 5.86. The van der Waals surface area contributed by atoms with E-state index in [1.54, 1.807) is 0 Å². The zero-order valence-electron chi connectivity index (χ0n) is 22.3. The molecule has 1 aliphatic rings. The number of ether oxygens (including phenoxy) is 2. The summed E-state index contributed by atoms with van der Waals surface area (Å²) < 4.78 is 11.5. The Hall–Kier alpha value is -1.51. The predicted molar refractivity (Wildman–Crippen MR) is 156 cm³/mol. The Labute approximate surface area is 236 Å². The van der Waals surface area contributed by atoms with E-state index in [1.165, 1.54) is 79.9 Å². The highest BCUT2D eigenvalue weighted by molar-refractivity contribution is 7.95. The van der Waals surface area contributed by atoms with Gasteiger partial charge in [0.05, 0.1) is 6.16 Å². The molecule has 0 N–H and O–H groups in total. The molecule has 0 amide bonds. The molecule has 1 atom stereocenters. The van der Waals surface area contributed by atoms with E-state index in [4.69, 9.17) is 9.47 Å². The average Bonchev–Trinajstić information content (AvgIpc) is 2.96. The molecule has 2 nitrogen and oxygen atoms in total. The van der Waals surface area contributed by atoms with Gasteiger partial charge in [-0.2, -0.15) is 0 Å². The molecule has 37 heavy (non-hydrogen) atoms. The first-order valence-corrected chi connectivity index (χ1v) is 16.2. The minimum atomic E-state index is -1.66. The molecule has 200 valence electrons. The lowest BCUT2D eigenvalue weighted by Crippen LogP contribution is -3.00. The van der Waals surface area contributed by atoms with E-state index in [2.05, 4.69) is 91.0 Å². The first kappa shape index (κ1) is 30.0. The van der Waals surface area contributed by atoms with Crippen molar-refractivity contribution in [2.24, 2.45) is 0 Å². The number of benzene rings is 3. The highest BCUT2D eigenvalue weighted by Crippen LogP contribution is 2.56. The van der Waals surface area contributed by atoms with Crippen molar-refractivity contribution in [3.05, 3.63) is 91.0 Å². The zero-order valence-corrected chi connectivity index (χ0v) is 24.8. The van der Waals surface area contributed by atoms with Crippen LogP contribution in [0.2, 0.25) is 0 Å². The Morgan fingerprint density at radius 1 is 0.595 bits per heavy atom. The van der Waals surface area contributed by atoms with Crippen molar-refractivity contribution in [2.75, 3.05) is 19.4 Å². The second-order valence-electron chi connectivity index (χ2n) is 10.0. The maximum Gasteiger partial charge on any atom is 0.157 e. The Bertz CT molecular complexity index is 865. The Balaban J connectivity index is 0.00000380. The smallest absolute Gasteiger partial charge is 0.157 e. The van der Waals surface area contributed by atoms with Gasteiger partial charge in [0, 0.05) is 13.2 Å². The van der Waals surface area contributed by atoms with Gasteiger partial charge >= 0.3 is 0 Å². The fourth-order valence-corrected chi connectivity index (χ4v) is 9.86. The number of hydrogen-bond donors (Lipinski definition) is 0. The van der Waals surface area contributed by atoms with Crippen LogP contribution in [0.25, 0.3) is 0 Å². The highest BCUT2D eigenvalue weighted by Gasteiger charge is 2.44. The van der Waals surface area contributed by atoms with Crippen LogP contribution in [0.3, 0.4) is 0 Å². The molecule has 0 aliphatic carbocycles. The van der Waals surface area contributed by atoms with E-state index in [0.29, 0.717) is 0 Å². The summed E-state index contributed by atoms with van der Waals surface area (Å²) in [5.74, 6) is 0. The SMILES string of the molecule is [Br-].c1ccc([P+](CCCCCCCCCCOC2CCCCO2)(c2ccccc2)c2ccccc2)cc1. The van der Waals surface area contributed by atoms with Gasteiger partial charge < -0.3 is 26.5 Å². The maximum atomic E-state index is 5.86. The largest absolute Gasteiger partial charge is 1.00 e. The quantitative estimate of drug-likeness (QED) is 0.192. The third-order valence-electron chi connectivity index (χ3n) is 7.42. The van der Waals surface area contributed by atoms with Gasteiger partial charge in [-0.05, 0) is 74.9 Å². The average molecular weight is 584 g/mol. The van der Waals surface area contributed by atoms with Crippen molar-refractivity contribution in [1.29, 1.82) is 0 Å². The Kier molecular flexibility index (Phi) is 13.9. The van der Waals surface area contributed by atoms with Crippen molar-refractivity contribution in [3.63, 3.8) is 0 Å². The molecule has 4 rings (SSSR count). The van der Waals surface area contributed by atoms with Crippen molar-refractivity contribution in [2.45, 2.75) is 76.9 Å². The number of unbranched alkanes of at least 4 members (excludes halogenated alkanes) is 7. The van der Waals surface area contributed by atoms with Crippen LogP contribution in [-0.2, 0) is 9.47 Å².